The maximum absolute atomic E-state index is 11.8. The summed E-state index contributed by atoms with van der Waals surface area (Å²) >= 11 is 0. The number of hydrogen-bond donors (Lipinski definition) is 2. The van der Waals surface area contributed by atoms with Gasteiger partial charge in [-0.15, -0.1) is 0 Å². The van der Waals surface area contributed by atoms with Crippen LogP contribution < -0.4 is 6.15 Å². The number of likely N-dealkylation sites (tertiary alicyclic amines) is 1. The minimum atomic E-state index is -1.18. The predicted octanol–water partition coefficient (Wildman–Crippen LogP) is 1.20. The number of rotatable bonds is 1. The van der Waals surface area contributed by atoms with Crippen molar-refractivity contribution in [2.75, 3.05) is 6.54 Å². The van der Waals surface area contributed by atoms with Gasteiger partial charge in [-0.25, -0.2) is 9.59 Å². The highest BCUT2D eigenvalue weighted by molar-refractivity contribution is 5.90. The minimum absolute atomic E-state index is 0. The van der Waals surface area contributed by atoms with E-state index in [1.165, 1.54) is 0 Å². The van der Waals surface area contributed by atoms with Crippen LogP contribution in [0.15, 0.2) is 0 Å². The summed E-state index contributed by atoms with van der Waals surface area (Å²) in [5, 5.41) is 8.97. The van der Waals surface area contributed by atoms with E-state index in [1.807, 2.05) is 0 Å². The molecule has 104 valence electrons. The highest BCUT2D eigenvalue weighted by atomic mass is 16.6. The molecule has 1 saturated heterocycles. The van der Waals surface area contributed by atoms with Gasteiger partial charge in [-0.1, -0.05) is 0 Å². The second-order valence-corrected chi connectivity index (χ2v) is 5.02. The highest BCUT2D eigenvalue weighted by Crippen LogP contribution is 2.18. The fraction of sp³-hybridized carbons (Fsp3) is 0.727. The Balaban J connectivity index is 0.00000289. The Morgan fingerprint density at radius 2 is 1.94 bits per heavy atom. The van der Waals surface area contributed by atoms with Gasteiger partial charge in [0.2, 0.25) is 0 Å². The number of carbonyl (C=O) groups is 3. The van der Waals surface area contributed by atoms with Crippen molar-refractivity contribution in [2.45, 2.75) is 45.3 Å². The molecule has 0 bridgehead atoms. The van der Waals surface area contributed by atoms with Crippen LogP contribution in [0, 0.1) is 0 Å². The van der Waals surface area contributed by atoms with Crippen LogP contribution in [0.3, 0.4) is 0 Å². The third-order valence-corrected chi connectivity index (χ3v) is 2.34. The summed E-state index contributed by atoms with van der Waals surface area (Å²) in [5.74, 6) is -1.32. The first-order valence-corrected chi connectivity index (χ1v) is 5.45. The summed E-state index contributed by atoms with van der Waals surface area (Å²) in [6, 6.07) is -1.11. The average Bonchev–Trinajstić information content (AvgIpc) is 2.14. The number of ketones is 1. The van der Waals surface area contributed by atoms with E-state index < -0.39 is 23.7 Å². The third-order valence-electron chi connectivity index (χ3n) is 2.34. The lowest BCUT2D eigenvalue weighted by Crippen LogP contribution is -2.51. The SMILES string of the molecule is CC(C)(C)OC(=O)N1CCC(=O)C[C@@H]1C(=O)O.N. The van der Waals surface area contributed by atoms with Crippen molar-refractivity contribution in [1.82, 2.24) is 11.1 Å². The van der Waals surface area contributed by atoms with E-state index in [2.05, 4.69) is 0 Å². The number of piperidine rings is 1. The molecule has 0 unspecified atom stereocenters. The molecule has 1 amide bonds. The highest BCUT2D eigenvalue weighted by Gasteiger charge is 2.37. The number of ether oxygens (including phenoxy) is 1. The smallest absolute Gasteiger partial charge is 0.411 e. The maximum Gasteiger partial charge on any atom is 0.411 e. The molecule has 0 aromatic carbocycles. The Hall–Kier alpha value is -1.63. The van der Waals surface area contributed by atoms with E-state index in [0.29, 0.717) is 0 Å². The average molecular weight is 260 g/mol. The standard InChI is InChI=1S/C11H17NO5.H3N/c1-11(2,3)17-10(16)12-5-4-7(13)6-8(12)9(14)15;/h8H,4-6H2,1-3H3,(H,14,15);1H3/t8-;/m1./s1. The van der Waals surface area contributed by atoms with Crippen LogP contribution in [0.1, 0.15) is 33.6 Å². The molecule has 1 aliphatic heterocycles. The molecule has 0 radical (unpaired) electrons. The number of carboxylic acid groups (broad SMARTS) is 1. The largest absolute Gasteiger partial charge is 0.480 e. The zero-order valence-electron chi connectivity index (χ0n) is 10.9. The summed E-state index contributed by atoms with van der Waals surface area (Å²) in [7, 11) is 0. The molecule has 18 heavy (non-hydrogen) atoms. The lowest BCUT2D eigenvalue weighted by Gasteiger charge is -2.33. The van der Waals surface area contributed by atoms with Gasteiger partial charge in [0.05, 0.1) is 0 Å². The molecule has 0 aromatic heterocycles. The summed E-state index contributed by atoms with van der Waals surface area (Å²) in [6.07, 6.45) is -0.644. The van der Waals surface area contributed by atoms with Crippen molar-refractivity contribution in [2.24, 2.45) is 0 Å². The van der Waals surface area contributed by atoms with Crippen LogP contribution in [-0.4, -0.2) is 46.0 Å². The van der Waals surface area contributed by atoms with Gasteiger partial charge in [0.25, 0.3) is 0 Å². The van der Waals surface area contributed by atoms with Crippen LogP contribution in [0.5, 0.6) is 0 Å². The van der Waals surface area contributed by atoms with E-state index in [4.69, 9.17) is 9.84 Å². The lowest BCUT2D eigenvalue weighted by atomic mass is 10.0. The second-order valence-electron chi connectivity index (χ2n) is 5.02. The molecule has 0 spiro atoms. The topological polar surface area (TPSA) is 119 Å². The zero-order chi connectivity index (χ0) is 13.2. The normalized spacial score (nSPS) is 20.1. The van der Waals surface area contributed by atoms with Crippen LogP contribution in [0.4, 0.5) is 4.79 Å². The van der Waals surface area contributed by atoms with Gasteiger partial charge in [0.15, 0.2) is 0 Å². The van der Waals surface area contributed by atoms with Gasteiger partial charge < -0.3 is 16.0 Å². The monoisotopic (exact) mass is 260 g/mol. The van der Waals surface area contributed by atoms with Gasteiger partial charge in [0.1, 0.15) is 17.4 Å². The van der Waals surface area contributed by atoms with Crippen LogP contribution >= 0.6 is 0 Å². The molecule has 1 fully saturated rings. The van der Waals surface area contributed by atoms with Crippen LogP contribution in [-0.2, 0) is 14.3 Å². The summed E-state index contributed by atoms with van der Waals surface area (Å²) < 4.78 is 5.11. The summed E-state index contributed by atoms with van der Waals surface area (Å²) in [6.45, 7) is 5.21. The van der Waals surface area contributed by atoms with E-state index in [0.717, 1.165) is 4.90 Å². The molecule has 1 aliphatic rings. The van der Waals surface area contributed by atoms with E-state index >= 15 is 0 Å². The number of carboxylic acids is 1. The van der Waals surface area contributed by atoms with Gasteiger partial charge in [-0.3, -0.25) is 9.69 Å². The molecule has 7 heteroatoms. The van der Waals surface area contributed by atoms with Crippen molar-refractivity contribution in [1.29, 1.82) is 0 Å². The maximum atomic E-state index is 11.8. The molecule has 1 heterocycles. The van der Waals surface area contributed by atoms with Crippen molar-refractivity contribution < 1.29 is 24.2 Å². The van der Waals surface area contributed by atoms with Crippen molar-refractivity contribution in [3.8, 4) is 0 Å². The Morgan fingerprint density at radius 3 is 2.39 bits per heavy atom. The lowest BCUT2D eigenvalue weighted by molar-refractivity contribution is -0.147. The number of Topliss-reactive ketones (excluding diaryl/α,β-unsaturated/α-hetero) is 1. The fourth-order valence-electron chi connectivity index (χ4n) is 1.59. The second kappa shape index (κ2) is 5.81. The van der Waals surface area contributed by atoms with Crippen molar-refractivity contribution in [3.05, 3.63) is 0 Å². The molecule has 1 atom stereocenters. The van der Waals surface area contributed by atoms with Gasteiger partial charge >= 0.3 is 12.1 Å². The zero-order valence-corrected chi connectivity index (χ0v) is 10.9. The van der Waals surface area contributed by atoms with Gasteiger partial charge in [0, 0.05) is 19.4 Å². The molecule has 7 nitrogen and oxygen atoms in total. The van der Waals surface area contributed by atoms with Crippen LogP contribution in [0.25, 0.3) is 0 Å². The van der Waals surface area contributed by atoms with Gasteiger partial charge in [-0.2, -0.15) is 0 Å². The first-order chi connectivity index (χ1) is 7.70. The Morgan fingerprint density at radius 1 is 1.39 bits per heavy atom. The first-order valence-electron chi connectivity index (χ1n) is 5.45. The number of hydrogen-bond acceptors (Lipinski definition) is 5. The Kier molecular flexibility index (Phi) is 5.29. The Labute approximate surface area is 106 Å². The van der Waals surface area contributed by atoms with E-state index in [9.17, 15) is 14.4 Å². The quantitative estimate of drug-likeness (QED) is 0.731. The Bertz CT molecular complexity index is 348. The number of carbonyl (C=O) groups excluding carboxylic acids is 2. The number of amides is 1. The van der Waals surface area contributed by atoms with Gasteiger partial charge in [-0.05, 0) is 20.8 Å². The van der Waals surface area contributed by atoms with Crippen LogP contribution in [0.2, 0.25) is 0 Å². The molecule has 0 aliphatic carbocycles. The van der Waals surface area contributed by atoms with E-state index in [-0.39, 0.29) is 31.3 Å². The minimum Gasteiger partial charge on any atom is -0.480 e. The molecule has 0 aromatic rings. The van der Waals surface area contributed by atoms with E-state index in [1.54, 1.807) is 20.8 Å². The fourth-order valence-corrected chi connectivity index (χ4v) is 1.59. The number of nitrogens with zero attached hydrogens (tertiary/aromatic N) is 1. The van der Waals surface area contributed by atoms with Crippen molar-refractivity contribution >= 4 is 17.8 Å². The molecular weight excluding hydrogens is 240 g/mol. The third kappa shape index (κ3) is 4.33. The van der Waals surface area contributed by atoms with Crippen molar-refractivity contribution in [3.63, 3.8) is 0 Å². The first kappa shape index (κ1) is 16.4. The summed E-state index contributed by atoms with van der Waals surface area (Å²) in [4.78, 5) is 35.0. The predicted molar refractivity (Wildman–Crippen MR) is 63.6 cm³/mol. The molecule has 0 saturated carbocycles. The number of aliphatic carboxylic acids is 1. The molecular formula is C11H20N2O5. The summed E-state index contributed by atoms with van der Waals surface area (Å²) in [5.41, 5.74) is -0.679. The molecule has 4 N–H and O–H groups in total. The molecule has 1 rings (SSSR count).